The van der Waals surface area contributed by atoms with Gasteiger partial charge in [0.1, 0.15) is 0 Å². The Morgan fingerprint density at radius 3 is 2.57 bits per heavy atom. The van der Waals surface area contributed by atoms with Gasteiger partial charge in [-0.1, -0.05) is 25.4 Å². The predicted molar refractivity (Wildman–Crippen MR) is 85.8 cm³/mol. The number of rotatable bonds is 6. The lowest BCUT2D eigenvalue weighted by Crippen LogP contribution is -2.30. The van der Waals surface area contributed by atoms with Crippen LogP contribution in [0.3, 0.4) is 0 Å². The lowest BCUT2D eigenvalue weighted by atomic mass is 10.1. The van der Waals surface area contributed by atoms with E-state index >= 15 is 0 Å². The maximum Gasteiger partial charge on any atom is 0.253 e. The summed E-state index contributed by atoms with van der Waals surface area (Å²) in [5, 5.41) is 6.30. The second-order valence-electron chi connectivity index (χ2n) is 5.09. The summed E-state index contributed by atoms with van der Waals surface area (Å²) in [7, 11) is 3.35. The highest BCUT2D eigenvalue weighted by Crippen LogP contribution is 2.24. The third kappa shape index (κ3) is 5.02. The number of nitrogens with one attached hydrogen (secondary N) is 2. The fourth-order valence-electron chi connectivity index (χ4n) is 1.72. The molecule has 116 valence electrons. The molecule has 0 aliphatic carbocycles. The molecule has 1 unspecified atom stereocenters. The van der Waals surface area contributed by atoms with Gasteiger partial charge >= 0.3 is 0 Å². The van der Waals surface area contributed by atoms with Gasteiger partial charge in [0, 0.05) is 32.1 Å². The van der Waals surface area contributed by atoms with E-state index in [1.807, 2.05) is 13.8 Å². The van der Waals surface area contributed by atoms with E-state index < -0.39 is 0 Å². The van der Waals surface area contributed by atoms with Crippen molar-refractivity contribution in [1.29, 1.82) is 0 Å². The number of halogens is 1. The summed E-state index contributed by atoms with van der Waals surface area (Å²) in [6, 6.07) is 4.85. The number of carbonyl (C=O) groups excluding carboxylic acids is 2. The highest BCUT2D eigenvalue weighted by Gasteiger charge is 2.16. The number of carbonyl (C=O) groups is 2. The first kappa shape index (κ1) is 17.5. The lowest BCUT2D eigenvalue weighted by molar-refractivity contribution is -0.119. The molecule has 0 bridgehead atoms. The van der Waals surface area contributed by atoms with E-state index in [2.05, 4.69) is 10.6 Å². The summed E-state index contributed by atoms with van der Waals surface area (Å²) in [4.78, 5) is 25.5. The van der Waals surface area contributed by atoms with Crippen molar-refractivity contribution in [2.24, 2.45) is 5.92 Å². The molecule has 5 nitrogen and oxygen atoms in total. The van der Waals surface area contributed by atoms with Gasteiger partial charge in [0.15, 0.2) is 0 Å². The number of nitrogens with zero attached hydrogens (tertiary/aromatic N) is 1. The van der Waals surface area contributed by atoms with Crippen molar-refractivity contribution < 1.29 is 9.59 Å². The van der Waals surface area contributed by atoms with Crippen LogP contribution in [-0.4, -0.2) is 43.9 Å². The molecule has 1 rings (SSSR count). The van der Waals surface area contributed by atoms with Crippen molar-refractivity contribution in [2.45, 2.75) is 13.8 Å². The summed E-state index contributed by atoms with van der Waals surface area (Å²) >= 11 is 6.08. The van der Waals surface area contributed by atoms with Gasteiger partial charge in [-0.15, -0.1) is 0 Å². The Kier molecular flexibility index (Phi) is 6.65. The average molecular weight is 312 g/mol. The molecule has 0 fully saturated rings. The first-order valence-corrected chi connectivity index (χ1v) is 7.27. The molecule has 2 N–H and O–H groups in total. The van der Waals surface area contributed by atoms with Gasteiger partial charge in [-0.2, -0.15) is 0 Å². The fourth-order valence-corrected chi connectivity index (χ4v) is 1.89. The van der Waals surface area contributed by atoms with Crippen LogP contribution >= 0.6 is 11.6 Å². The van der Waals surface area contributed by atoms with Crippen molar-refractivity contribution in [1.82, 2.24) is 10.2 Å². The summed E-state index contributed by atoms with van der Waals surface area (Å²) in [6.45, 7) is 5.22. The van der Waals surface area contributed by atoms with Gasteiger partial charge in [-0.05, 0) is 24.7 Å². The van der Waals surface area contributed by atoms with Crippen LogP contribution < -0.4 is 10.6 Å². The van der Waals surface area contributed by atoms with Crippen LogP contribution in [0, 0.1) is 5.92 Å². The predicted octanol–water partition coefficient (Wildman–Crippen LogP) is 2.23. The molecule has 0 radical (unpaired) electrons. The summed E-state index contributed by atoms with van der Waals surface area (Å²) in [6.07, 6.45) is 0. The van der Waals surface area contributed by atoms with Crippen molar-refractivity contribution in [3.8, 4) is 0 Å². The minimum Gasteiger partial charge on any atom is -0.345 e. The van der Waals surface area contributed by atoms with E-state index in [1.165, 1.54) is 4.90 Å². The molecule has 1 atom stereocenters. The Bertz CT molecular complexity index is 518. The van der Waals surface area contributed by atoms with Crippen molar-refractivity contribution >= 4 is 29.1 Å². The van der Waals surface area contributed by atoms with Crippen LogP contribution in [0.4, 0.5) is 5.69 Å². The van der Waals surface area contributed by atoms with Gasteiger partial charge in [-0.25, -0.2) is 0 Å². The molecule has 0 aromatic heterocycles. The summed E-state index contributed by atoms with van der Waals surface area (Å²) in [5.41, 5.74) is 0.941. The fraction of sp³-hybridized carbons (Fsp3) is 0.467. The van der Waals surface area contributed by atoms with E-state index in [0.29, 0.717) is 22.8 Å². The zero-order valence-electron chi connectivity index (χ0n) is 12.9. The van der Waals surface area contributed by atoms with Crippen LogP contribution in [0.25, 0.3) is 0 Å². The average Bonchev–Trinajstić information content (AvgIpc) is 2.45. The zero-order chi connectivity index (χ0) is 16.0. The van der Waals surface area contributed by atoms with Crippen LogP contribution in [0.15, 0.2) is 18.2 Å². The Balaban J connectivity index is 2.85. The molecular formula is C15H22ClN3O2. The first-order valence-electron chi connectivity index (χ1n) is 6.89. The third-order valence-corrected chi connectivity index (χ3v) is 3.36. The molecule has 1 aromatic rings. The second kappa shape index (κ2) is 8.00. The largest absolute Gasteiger partial charge is 0.345 e. The van der Waals surface area contributed by atoms with Crippen LogP contribution in [0.1, 0.15) is 24.2 Å². The van der Waals surface area contributed by atoms with E-state index in [9.17, 15) is 9.59 Å². The van der Waals surface area contributed by atoms with E-state index in [-0.39, 0.29) is 17.7 Å². The molecule has 6 heteroatoms. The van der Waals surface area contributed by atoms with Crippen molar-refractivity contribution in [3.63, 3.8) is 0 Å². The van der Waals surface area contributed by atoms with Gasteiger partial charge in [0.25, 0.3) is 5.91 Å². The number of amides is 2. The van der Waals surface area contributed by atoms with E-state index in [0.717, 1.165) is 6.54 Å². The van der Waals surface area contributed by atoms with Crippen molar-refractivity contribution in [2.75, 3.05) is 32.5 Å². The second-order valence-corrected chi connectivity index (χ2v) is 5.50. The van der Waals surface area contributed by atoms with Crippen LogP contribution in [-0.2, 0) is 4.79 Å². The summed E-state index contributed by atoms with van der Waals surface area (Å²) < 4.78 is 0. The Hall–Kier alpha value is -1.59. The van der Waals surface area contributed by atoms with E-state index in [4.69, 9.17) is 11.6 Å². The molecule has 0 spiro atoms. The highest BCUT2D eigenvalue weighted by atomic mass is 35.5. The molecule has 0 aliphatic rings. The quantitative estimate of drug-likeness (QED) is 0.847. The van der Waals surface area contributed by atoms with Gasteiger partial charge in [0.05, 0.1) is 10.7 Å². The number of hydrogen-bond donors (Lipinski definition) is 2. The Labute approximate surface area is 130 Å². The van der Waals surface area contributed by atoms with Gasteiger partial charge in [0.2, 0.25) is 5.91 Å². The maximum atomic E-state index is 12.1. The standard InChI is InChI=1S/C15H22ClN3O2/c1-5-17-9-10(2)14(20)18-13-8-11(6-7-12(13)16)15(21)19(3)4/h6-8,10,17H,5,9H2,1-4H3,(H,18,20). The SMILES string of the molecule is CCNCC(C)C(=O)Nc1cc(C(=O)N(C)C)ccc1Cl. The molecule has 0 heterocycles. The zero-order valence-corrected chi connectivity index (χ0v) is 13.6. The molecule has 1 aromatic carbocycles. The first-order chi connectivity index (χ1) is 9.86. The normalized spacial score (nSPS) is 11.9. The minimum atomic E-state index is -0.186. The summed E-state index contributed by atoms with van der Waals surface area (Å²) in [5.74, 6) is -0.454. The molecule has 2 amide bonds. The van der Waals surface area contributed by atoms with Gasteiger partial charge < -0.3 is 15.5 Å². The van der Waals surface area contributed by atoms with Gasteiger partial charge in [-0.3, -0.25) is 9.59 Å². The number of hydrogen-bond acceptors (Lipinski definition) is 3. The maximum absolute atomic E-state index is 12.1. The number of anilines is 1. The molecule has 0 aliphatic heterocycles. The third-order valence-electron chi connectivity index (χ3n) is 3.03. The molecular weight excluding hydrogens is 290 g/mol. The number of benzene rings is 1. The van der Waals surface area contributed by atoms with Crippen molar-refractivity contribution in [3.05, 3.63) is 28.8 Å². The van der Waals surface area contributed by atoms with Crippen LogP contribution in [0.2, 0.25) is 5.02 Å². The topological polar surface area (TPSA) is 61.4 Å². The minimum absolute atomic E-state index is 0.132. The molecule has 0 saturated heterocycles. The lowest BCUT2D eigenvalue weighted by Gasteiger charge is -2.15. The smallest absolute Gasteiger partial charge is 0.253 e. The molecule has 0 saturated carbocycles. The Morgan fingerprint density at radius 2 is 2.00 bits per heavy atom. The highest BCUT2D eigenvalue weighted by molar-refractivity contribution is 6.33. The Morgan fingerprint density at radius 1 is 1.33 bits per heavy atom. The van der Waals surface area contributed by atoms with Crippen LogP contribution in [0.5, 0.6) is 0 Å². The van der Waals surface area contributed by atoms with E-state index in [1.54, 1.807) is 32.3 Å². The molecule has 21 heavy (non-hydrogen) atoms. The monoisotopic (exact) mass is 311 g/mol.